The Labute approximate surface area is 107 Å². The van der Waals surface area contributed by atoms with E-state index >= 15 is 0 Å². The fourth-order valence-corrected chi connectivity index (χ4v) is 2.18. The van der Waals surface area contributed by atoms with Gasteiger partial charge in [-0.1, -0.05) is 6.42 Å². The Bertz CT molecular complexity index is 401. The van der Waals surface area contributed by atoms with Crippen molar-refractivity contribution >= 4 is 5.91 Å². The Balaban J connectivity index is 1.89. The quantitative estimate of drug-likeness (QED) is 0.786. The molecule has 1 aromatic heterocycles. The highest BCUT2D eigenvalue weighted by Crippen LogP contribution is 2.14. The molecule has 0 bridgehead atoms. The van der Waals surface area contributed by atoms with Gasteiger partial charge in [0.25, 0.3) is 0 Å². The smallest absolute Gasteiger partial charge is 0.221 e. The van der Waals surface area contributed by atoms with E-state index in [1.807, 2.05) is 7.05 Å². The third kappa shape index (κ3) is 3.29. The summed E-state index contributed by atoms with van der Waals surface area (Å²) in [4.78, 5) is 11.5. The molecule has 100 valence electrons. The molecule has 0 fully saturated rings. The van der Waals surface area contributed by atoms with Gasteiger partial charge in [-0.05, 0) is 19.9 Å². The summed E-state index contributed by atoms with van der Waals surface area (Å²) in [5, 5.41) is 14.2. The molecular weight excluding hydrogens is 230 g/mol. The van der Waals surface area contributed by atoms with Crippen LogP contribution in [-0.2, 0) is 24.3 Å². The molecule has 0 radical (unpaired) electrons. The van der Waals surface area contributed by atoms with E-state index in [4.69, 9.17) is 0 Å². The van der Waals surface area contributed by atoms with Gasteiger partial charge in [-0.3, -0.25) is 4.79 Å². The van der Waals surface area contributed by atoms with Gasteiger partial charge in [-0.2, -0.15) is 0 Å². The standard InChI is InChI=1S/C12H21N5O/c1-13-7-6-12(18)14-9-11-16-15-10-5-3-2-4-8-17(10)11/h13H,2-9H2,1H3,(H,14,18). The number of nitrogens with zero attached hydrogens (tertiary/aromatic N) is 3. The second-order valence-electron chi connectivity index (χ2n) is 4.63. The van der Waals surface area contributed by atoms with Crippen molar-refractivity contribution in [2.75, 3.05) is 13.6 Å². The molecule has 1 aliphatic heterocycles. The molecule has 1 amide bonds. The fourth-order valence-electron chi connectivity index (χ4n) is 2.18. The summed E-state index contributed by atoms with van der Waals surface area (Å²) < 4.78 is 2.16. The number of aromatic nitrogens is 3. The van der Waals surface area contributed by atoms with Crippen molar-refractivity contribution in [1.82, 2.24) is 25.4 Å². The van der Waals surface area contributed by atoms with Crippen molar-refractivity contribution in [2.45, 2.75) is 45.2 Å². The van der Waals surface area contributed by atoms with Crippen LogP contribution in [-0.4, -0.2) is 34.3 Å². The molecule has 0 unspecified atom stereocenters. The monoisotopic (exact) mass is 251 g/mol. The van der Waals surface area contributed by atoms with Crippen molar-refractivity contribution in [2.24, 2.45) is 0 Å². The van der Waals surface area contributed by atoms with E-state index in [1.54, 1.807) is 0 Å². The molecule has 2 heterocycles. The van der Waals surface area contributed by atoms with Gasteiger partial charge in [0, 0.05) is 25.9 Å². The number of nitrogens with one attached hydrogen (secondary N) is 2. The molecule has 6 heteroatoms. The first-order valence-electron chi connectivity index (χ1n) is 6.63. The van der Waals surface area contributed by atoms with Gasteiger partial charge < -0.3 is 15.2 Å². The Morgan fingerprint density at radius 1 is 1.33 bits per heavy atom. The maximum atomic E-state index is 11.5. The minimum absolute atomic E-state index is 0.0512. The number of fused-ring (bicyclic) bond motifs is 1. The summed E-state index contributed by atoms with van der Waals surface area (Å²) in [5.74, 6) is 1.99. The molecule has 0 spiro atoms. The normalized spacial score (nSPS) is 14.9. The topological polar surface area (TPSA) is 71.8 Å². The van der Waals surface area contributed by atoms with Crippen LogP contribution in [0.1, 0.15) is 37.3 Å². The van der Waals surface area contributed by atoms with Crippen LogP contribution in [0, 0.1) is 0 Å². The van der Waals surface area contributed by atoms with E-state index in [2.05, 4.69) is 25.4 Å². The minimum Gasteiger partial charge on any atom is -0.349 e. The molecule has 1 aliphatic rings. The van der Waals surface area contributed by atoms with Crippen LogP contribution in [0.2, 0.25) is 0 Å². The van der Waals surface area contributed by atoms with Crippen LogP contribution in [0.3, 0.4) is 0 Å². The Morgan fingerprint density at radius 3 is 3.06 bits per heavy atom. The number of carbonyl (C=O) groups is 1. The lowest BCUT2D eigenvalue weighted by atomic mass is 10.2. The molecule has 18 heavy (non-hydrogen) atoms. The molecular formula is C12H21N5O. The third-order valence-electron chi connectivity index (χ3n) is 3.23. The van der Waals surface area contributed by atoms with Crippen LogP contribution >= 0.6 is 0 Å². The number of hydrogen-bond donors (Lipinski definition) is 2. The SMILES string of the molecule is CNCCC(=O)NCc1nnc2n1CCCCC2. The van der Waals surface area contributed by atoms with Crippen molar-refractivity contribution < 1.29 is 4.79 Å². The molecule has 2 rings (SSSR count). The highest BCUT2D eigenvalue weighted by molar-refractivity contribution is 5.75. The molecule has 1 aromatic rings. The van der Waals surface area contributed by atoms with Gasteiger partial charge in [0.2, 0.25) is 5.91 Å². The largest absolute Gasteiger partial charge is 0.349 e. The summed E-state index contributed by atoms with van der Waals surface area (Å²) in [6.45, 7) is 2.16. The first-order chi connectivity index (χ1) is 8.81. The fraction of sp³-hybridized carbons (Fsp3) is 0.750. The van der Waals surface area contributed by atoms with Crippen LogP contribution in [0.25, 0.3) is 0 Å². The zero-order chi connectivity index (χ0) is 12.8. The zero-order valence-electron chi connectivity index (χ0n) is 10.9. The third-order valence-corrected chi connectivity index (χ3v) is 3.23. The maximum Gasteiger partial charge on any atom is 0.221 e. The summed E-state index contributed by atoms with van der Waals surface area (Å²) in [6.07, 6.45) is 5.11. The molecule has 0 atom stereocenters. The zero-order valence-corrected chi connectivity index (χ0v) is 10.9. The highest BCUT2D eigenvalue weighted by atomic mass is 16.1. The average molecular weight is 251 g/mol. The predicted molar refractivity (Wildman–Crippen MR) is 68.0 cm³/mol. The maximum absolute atomic E-state index is 11.5. The van der Waals surface area contributed by atoms with Crippen LogP contribution in [0.15, 0.2) is 0 Å². The molecule has 0 saturated heterocycles. The first kappa shape index (κ1) is 13.0. The molecule has 2 N–H and O–H groups in total. The van der Waals surface area contributed by atoms with Gasteiger partial charge in [0.15, 0.2) is 5.82 Å². The Morgan fingerprint density at radius 2 is 2.22 bits per heavy atom. The summed E-state index contributed by atoms with van der Waals surface area (Å²) in [7, 11) is 1.84. The lowest BCUT2D eigenvalue weighted by molar-refractivity contribution is -0.121. The van der Waals surface area contributed by atoms with E-state index in [0.29, 0.717) is 19.5 Å². The second-order valence-corrected chi connectivity index (χ2v) is 4.63. The summed E-state index contributed by atoms with van der Waals surface area (Å²) in [6, 6.07) is 0. The van der Waals surface area contributed by atoms with E-state index in [1.165, 1.54) is 19.3 Å². The van der Waals surface area contributed by atoms with Gasteiger partial charge >= 0.3 is 0 Å². The number of amides is 1. The molecule has 0 aliphatic carbocycles. The Kier molecular flexibility index (Phi) is 4.69. The lowest BCUT2D eigenvalue weighted by Gasteiger charge is -2.08. The number of aryl methyl sites for hydroxylation is 1. The predicted octanol–water partition coefficient (Wildman–Crippen LogP) is 0.230. The molecule has 0 saturated carbocycles. The second kappa shape index (κ2) is 6.49. The summed E-state index contributed by atoms with van der Waals surface area (Å²) >= 11 is 0. The van der Waals surface area contributed by atoms with Crippen molar-refractivity contribution in [3.63, 3.8) is 0 Å². The van der Waals surface area contributed by atoms with Crippen LogP contribution in [0.5, 0.6) is 0 Å². The van der Waals surface area contributed by atoms with Crippen molar-refractivity contribution in [3.8, 4) is 0 Å². The highest BCUT2D eigenvalue weighted by Gasteiger charge is 2.14. The minimum atomic E-state index is 0.0512. The summed E-state index contributed by atoms with van der Waals surface area (Å²) in [5.41, 5.74) is 0. The van der Waals surface area contributed by atoms with Crippen LogP contribution in [0.4, 0.5) is 0 Å². The van der Waals surface area contributed by atoms with Crippen molar-refractivity contribution in [3.05, 3.63) is 11.6 Å². The number of hydrogen-bond acceptors (Lipinski definition) is 4. The van der Waals surface area contributed by atoms with E-state index in [0.717, 1.165) is 24.6 Å². The number of carbonyl (C=O) groups excluding carboxylic acids is 1. The van der Waals surface area contributed by atoms with Gasteiger partial charge in [0.05, 0.1) is 6.54 Å². The van der Waals surface area contributed by atoms with Gasteiger partial charge in [-0.15, -0.1) is 10.2 Å². The Hall–Kier alpha value is -1.43. The average Bonchev–Trinajstić information content (AvgIpc) is 2.61. The van der Waals surface area contributed by atoms with E-state index in [9.17, 15) is 4.79 Å². The van der Waals surface area contributed by atoms with Crippen LogP contribution < -0.4 is 10.6 Å². The van der Waals surface area contributed by atoms with Gasteiger partial charge in [0.1, 0.15) is 5.82 Å². The van der Waals surface area contributed by atoms with Crippen molar-refractivity contribution in [1.29, 1.82) is 0 Å². The molecule has 6 nitrogen and oxygen atoms in total. The molecule has 0 aromatic carbocycles. The van der Waals surface area contributed by atoms with E-state index in [-0.39, 0.29) is 5.91 Å². The first-order valence-corrected chi connectivity index (χ1v) is 6.63. The number of rotatable bonds is 5. The van der Waals surface area contributed by atoms with Gasteiger partial charge in [-0.25, -0.2) is 0 Å². The lowest BCUT2D eigenvalue weighted by Crippen LogP contribution is -2.27. The van der Waals surface area contributed by atoms with E-state index < -0.39 is 0 Å².